The zero-order valence-electron chi connectivity index (χ0n) is 12.2. The third kappa shape index (κ3) is 2.72. The number of aliphatic hydroxyl groups is 1. The summed E-state index contributed by atoms with van der Waals surface area (Å²) in [6.45, 7) is 2.50. The molecule has 5 heteroatoms. The van der Waals surface area contributed by atoms with Crippen molar-refractivity contribution in [2.75, 3.05) is 26.4 Å². The zero-order valence-corrected chi connectivity index (χ0v) is 12.2. The van der Waals surface area contributed by atoms with Gasteiger partial charge in [-0.15, -0.1) is 0 Å². The minimum absolute atomic E-state index is 0.0249. The van der Waals surface area contributed by atoms with E-state index in [-0.39, 0.29) is 18.2 Å². The number of benzene rings is 1. The minimum atomic E-state index is -0.0325. The maximum absolute atomic E-state index is 12.5. The Morgan fingerprint density at radius 2 is 2.19 bits per heavy atom. The van der Waals surface area contributed by atoms with Crippen LogP contribution in [0.3, 0.4) is 0 Å². The number of nitrogens with zero attached hydrogens (tertiary/aromatic N) is 2. The van der Waals surface area contributed by atoms with Gasteiger partial charge in [-0.1, -0.05) is 18.2 Å². The monoisotopic (exact) mass is 288 g/mol. The number of para-hydroxylation sites is 1. The van der Waals surface area contributed by atoms with Crippen molar-refractivity contribution < 1.29 is 9.84 Å². The molecule has 1 atom stereocenters. The highest BCUT2D eigenvalue weighted by atomic mass is 16.5. The van der Waals surface area contributed by atoms with Crippen LogP contribution in [0.5, 0.6) is 0 Å². The maximum Gasteiger partial charge on any atom is 0.255 e. The standard InChI is InChI=1S/C16H20N2O3/c1-17-15-5-3-2-4-12(15)8-13(16(17)20)9-18-6-7-21-11-14(18)10-19/h2-5,8,14,19H,6-7,9-11H2,1H3/t14-/m1/s1. The van der Waals surface area contributed by atoms with Crippen LogP contribution >= 0.6 is 0 Å². The first-order valence-corrected chi connectivity index (χ1v) is 7.21. The highest BCUT2D eigenvalue weighted by molar-refractivity contribution is 5.79. The molecule has 0 saturated carbocycles. The maximum atomic E-state index is 12.5. The lowest BCUT2D eigenvalue weighted by Gasteiger charge is -2.34. The topological polar surface area (TPSA) is 54.7 Å². The fourth-order valence-electron chi connectivity index (χ4n) is 2.89. The van der Waals surface area contributed by atoms with Gasteiger partial charge in [0, 0.05) is 25.7 Å². The fraction of sp³-hybridized carbons (Fsp3) is 0.438. The molecule has 0 spiro atoms. The van der Waals surface area contributed by atoms with E-state index in [4.69, 9.17) is 4.74 Å². The lowest BCUT2D eigenvalue weighted by atomic mass is 10.1. The van der Waals surface area contributed by atoms with Crippen LogP contribution in [0, 0.1) is 0 Å². The van der Waals surface area contributed by atoms with Crippen LogP contribution in [0.25, 0.3) is 10.9 Å². The lowest BCUT2D eigenvalue weighted by molar-refractivity contribution is -0.0314. The smallest absolute Gasteiger partial charge is 0.255 e. The summed E-state index contributed by atoms with van der Waals surface area (Å²) in [6, 6.07) is 9.80. The van der Waals surface area contributed by atoms with Crippen molar-refractivity contribution in [3.05, 3.63) is 46.2 Å². The summed E-state index contributed by atoms with van der Waals surface area (Å²) in [6.07, 6.45) is 0. The molecule has 1 aromatic heterocycles. The number of aromatic nitrogens is 1. The van der Waals surface area contributed by atoms with Crippen LogP contribution in [0.2, 0.25) is 0 Å². The van der Waals surface area contributed by atoms with Gasteiger partial charge >= 0.3 is 0 Å². The summed E-state index contributed by atoms with van der Waals surface area (Å²) in [5.74, 6) is 0. The molecule has 2 aromatic rings. The van der Waals surface area contributed by atoms with Gasteiger partial charge in [0.2, 0.25) is 0 Å². The van der Waals surface area contributed by atoms with Gasteiger partial charge < -0.3 is 14.4 Å². The van der Waals surface area contributed by atoms with Crippen molar-refractivity contribution in [1.82, 2.24) is 9.47 Å². The predicted molar refractivity (Wildman–Crippen MR) is 81.3 cm³/mol. The van der Waals surface area contributed by atoms with Gasteiger partial charge in [0.05, 0.1) is 31.4 Å². The molecule has 2 heterocycles. The molecule has 0 unspecified atom stereocenters. The van der Waals surface area contributed by atoms with E-state index in [9.17, 15) is 9.90 Å². The normalized spacial score (nSPS) is 20.0. The molecule has 5 nitrogen and oxygen atoms in total. The van der Waals surface area contributed by atoms with Gasteiger partial charge in [0.1, 0.15) is 0 Å². The highest BCUT2D eigenvalue weighted by Crippen LogP contribution is 2.15. The van der Waals surface area contributed by atoms with Crippen LogP contribution in [0.15, 0.2) is 35.1 Å². The third-order valence-electron chi connectivity index (χ3n) is 4.14. The van der Waals surface area contributed by atoms with Crippen LogP contribution in [-0.2, 0) is 18.3 Å². The number of fused-ring (bicyclic) bond motifs is 1. The number of aliphatic hydroxyl groups excluding tert-OH is 1. The summed E-state index contributed by atoms with van der Waals surface area (Å²) >= 11 is 0. The number of aryl methyl sites for hydroxylation is 1. The van der Waals surface area contributed by atoms with Crippen molar-refractivity contribution in [1.29, 1.82) is 0 Å². The summed E-state index contributed by atoms with van der Waals surface area (Å²) in [5, 5.41) is 10.5. The first kappa shape index (κ1) is 14.3. The Balaban J connectivity index is 1.97. The minimum Gasteiger partial charge on any atom is -0.395 e. The molecule has 1 fully saturated rings. The van der Waals surface area contributed by atoms with E-state index in [1.165, 1.54) is 0 Å². The molecule has 1 N–H and O–H groups in total. The van der Waals surface area contributed by atoms with Gasteiger partial charge in [-0.2, -0.15) is 0 Å². The van der Waals surface area contributed by atoms with E-state index >= 15 is 0 Å². The second-order valence-corrected chi connectivity index (χ2v) is 5.47. The van der Waals surface area contributed by atoms with E-state index in [1.807, 2.05) is 30.3 Å². The van der Waals surface area contributed by atoms with E-state index in [2.05, 4.69) is 4.90 Å². The Bertz CT molecular complexity index is 695. The number of pyridine rings is 1. The highest BCUT2D eigenvalue weighted by Gasteiger charge is 2.23. The number of rotatable bonds is 3. The molecular formula is C16H20N2O3. The van der Waals surface area contributed by atoms with Gasteiger partial charge in [-0.25, -0.2) is 0 Å². The number of hydrogen-bond acceptors (Lipinski definition) is 4. The van der Waals surface area contributed by atoms with E-state index in [1.54, 1.807) is 11.6 Å². The summed E-state index contributed by atoms with van der Waals surface area (Å²) < 4.78 is 7.07. The Morgan fingerprint density at radius 1 is 1.38 bits per heavy atom. The summed E-state index contributed by atoms with van der Waals surface area (Å²) in [5.41, 5.74) is 1.72. The first-order valence-electron chi connectivity index (χ1n) is 7.21. The molecule has 3 rings (SSSR count). The Kier molecular flexibility index (Phi) is 4.05. The number of morpholine rings is 1. The first-order chi connectivity index (χ1) is 10.2. The molecule has 21 heavy (non-hydrogen) atoms. The lowest BCUT2D eigenvalue weighted by Crippen LogP contribution is -2.47. The van der Waals surface area contributed by atoms with Crippen molar-refractivity contribution in [3.63, 3.8) is 0 Å². The number of hydrogen-bond donors (Lipinski definition) is 1. The average molecular weight is 288 g/mol. The molecule has 112 valence electrons. The molecule has 1 aromatic carbocycles. The predicted octanol–water partition coefficient (Wildman–Crippen LogP) is 0.732. The van der Waals surface area contributed by atoms with Crippen molar-refractivity contribution in [2.45, 2.75) is 12.6 Å². The van der Waals surface area contributed by atoms with Gasteiger partial charge in [0.15, 0.2) is 0 Å². The molecular weight excluding hydrogens is 268 g/mol. The average Bonchev–Trinajstić information content (AvgIpc) is 2.53. The van der Waals surface area contributed by atoms with Crippen molar-refractivity contribution in [2.24, 2.45) is 7.05 Å². The quantitative estimate of drug-likeness (QED) is 0.905. The van der Waals surface area contributed by atoms with Crippen LogP contribution in [0.4, 0.5) is 0 Å². The third-order valence-corrected chi connectivity index (χ3v) is 4.14. The Morgan fingerprint density at radius 3 is 3.00 bits per heavy atom. The summed E-state index contributed by atoms with van der Waals surface area (Å²) in [7, 11) is 1.80. The van der Waals surface area contributed by atoms with E-state index in [0.29, 0.717) is 19.8 Å². The molecule has 1 aliphatic heterocycles. The van der Waals surface area contributed by atoms with Gasteiger partial charge in [0.25, 0.3) is 5.56 Å². The van der Waals surface area contributed by atoms with Crippen molar-refractivity contribution in [3.8, 4) is 0 Å². The number of ether oxygens (including phenoxy) is 1. The Hall–Kier alpha value is -1.69. The summed E-state index contributed by atoms with van der Waals surface area (Å²) in [4.78, 5) is 14.6. The zero-order chi connectivity index (χ0) is 14.8. The van der Waals surface area contributed by atoms with Crippen LogP contribution < -0.4 is 5.56 Å². The SMILES string of the molecule is Cn1c(=O)c(CN2CCOC[C@H]2CO)cc2ccccc21. The van der Waals surface area contributed by atoms with Gasteiger partial charge in [-0.3, -0.25) is 9.69 Å². The molecule has 1 saturated heterocycles. The van der Waals surface area contributed by atoms with Crippen LogP contribution in [-0.4, -0.2) is 47.0 Å². The molecule has 0 amide bonds. The van der Waals surface area contributed by atoms with Gasteiger partial charge in [-0.05, 0) is 17.5 Å². The second-order valence-electron chi connectivity index (χ2n) is 5.47. The largest absolute Gasteiger partial charge is 0.395 e. The van der Waals surface area contributed by atoms with E-state index in [0.717, 1.165) is 23.0 Å². The van der Waals surface area contributed by atoms with E-state index < -0.39 is 0 Å². The fourth-order valence-corrected chi connectivity index (χ4v) is 2.89. The Labute approximate surface area is 123 Å². The molecule has 0 radical (unpaired) electrons. The molecule has 0 aliphatic carbocycles. The molecule has 1 aliphatic rings. The van der Waals surface area contributed by atoms with Crippen molar-refractivity contribution >= 4 is 10.9 Å². The molecule has 0 bridgehead atoms. The van der Waals surface area contributed by atoms with Crippen LogP contribution in [0.1, 0.15) is 5.56 Å². The second kappa shape index (κ2) is 5.97.